The third kappa shape index (κ3) is 8.89. The summed E-state index contributed by atoms with van der Waals surface area (Å²) in [4.78, 5) is 71.9. The van der Waals surface area contributed by atoms with Crippen LogP contribution in [-0.4, -0.2) is 95.0 Å². The SMILES string of the molecule is Cc1ccc(SC2CCN(C(=O)[C@@H]3Cc4ccc(cc4)OCC(=O)N[C@@H](C(C)C)C(=O)N4CCC[C@@H]4C(=O)N[C@@H](C)C(=O)N3)CC2)cc1. The summed E-state index contributed by atoms with van der Waals surface area (Å²) >= 11 is 1.83. The number of hydrogen-bond acceptors (Lipinski definition) is 7. The minimum atomic E-state index is -0.944. The quantitative estimate of drug-likeness (QED) is 0.453. The average Bonchev–Trinajstić information content (AvgIpc) is 3.57. The van der Waals surface area contributed by atoms with Gasteiger partial charge in [0.15, 0.2) is 6.61 Å². The fraction of sp³-hybridized carbons (Fsp3) is 0.528. The largest absolute Gasteiger partial charge is 0.484 e. The van der Waals surface area contributed by atoms with Gasteiger partial charge in [0.25, 0.3) is 5.91 Å². The topological polar surface area (TPSA) is 137 Å². The highest BCUT2D eigenvalue weighted by atomic mass is 32.2. The van der Waals surface area contributed by atoms with Crippen molar-refractivity contribution >= 4 is 41.3 Å². The molecule has 4 aliphatic rings. The number of carbonyl (C=O) groups excluding carboxylic acids is 5. The maximum atomic E-state index is 14.0. The number of likely N-dealkylation sites (tertiary alicyclic amines) is 1. The maximum absolute atomic E-state index is 14.0. The molecule has 2 fully saturated rings. The van der Waals surface area contributed by atoms with Crippen LogP contribution in [0.15, 0.2) is 53.4 Å². The Morgan fingerprint density at radius 1 is 0.875 bits per heavy atom. The van der Waals surface area contributed by atoms with Gasteiger partial charge in [0.1, 0.15) is 29.9 Å². The van der Waals surface area contributed by atoms with Crippen molar-refractivity contribution in [1.29, 1.82) is 0 Å². The average molecular weight is 678 g/mol. The molecule has 0 aromatic heterocycles. The summed E-state index contributed by atoms with van der Waals surface area (Å²) in [7, 11) is 0. The molecule has 258 valence electrons. The summed E-state index contributed by atoms with van der Waals surface area (Å²) in [5.74, 6) is -1.65. The van der Waals surface area contributed by atoms with Crippen molar-refractivity contribution in [3.8, 4) is 5.75 Å². The molecule has 11 nitrogen and oxygen atoms in total. The Kier molecular flexibility index (Phi) is 11.7. The van der Waals surface area contributed by atoms with E-state index in [-0.39, 0.29) is 30.8 Å². The van der Waals surface area contributed by atoms with E-state index >= 15 is 0 Å². The fourth-order valence-electron chi connectivity index (χ4n) is 6.41. The van der Waals surface area contributed by atoms with Crippen LogP contribution >= 0.6 is 11.8 Å². The normalized spacial score (nSPS) is 24.9. The van der Waals surface area contributed by atoms with Gasteiger partial charge in [-0.1, -0.05) is 43.7 Å². The summed E-state index contributed by atoms with van der Waals surface area (Å²) < 4.78 is 5.71. The molecule has 0 saturated carbocycles. The van der Waals surface area contributed by atoms with Crippen molar-refractivity contribution in [3.63, 3.8) is 0 Å². The van der Waals surface area contributed by atoms with Crippen LogP contribution in [0.4, 0.5) is 0 Å². The minimum Gasteiger partial charge on any atom is -0.484 e. The molecule has 2 aromatic rings. The van der Waals surface area contributed by atoms with E-state index < -0.39 is 41.9 Å². The fourth-order valence-corrected chi connectivity index (χ4v) is 7.54. The van der Waals surface area contributed by atoms with E-state index in [1.807, 2.05) is 30.5 Å². The standard InChI is InChI=1S/C36H47N5O6S/c1-22(2)32-36(46)41-17-5-6-30(41)34(44)37-24(4)33(43)38-29(20-25-9-11-26(12-10-25)47-21-31(42)39-32)35(45)40-18-15-28(16-19-40)48-27-13-7-23(3)8-14-27/h7-14,22,24,28-30,32H,5-6,15-21H2,1-4H3,(H,37,44)(H,38,43)(H,39,42)/t24-,29-,30+,32-/m0/s1. The van der Waals surface area contributed by atoms with E-state index in [1.54, 1.807) is 31.2 Å². The van der Waals surface area contributed by atoms with Gasteiger partial charge < -0.3 is 30.5 Å². The molecular weight excluding hydrogens is 630 g/mol. The molecule has 0 radical (unpaired) electrons. The van der Waals surface area contributed by atoms with E-state index in [0.717, 1.165) is 18.4 Å². The lowest BCUT2D eigenvalue weighted by atomic mass is 10.0. The van der Waals surface area contributed by atoms with E-state index in [4.69, 9.17) is 4.74 Å². The highest BCUT2D eigenvalue weighted by Gasteiger charge is 2.40. The van der Waals surface area contributed by atoms with E-state index in [0.29, 0.717) is 43.5 Å². The molecule has 4 atom stereocenters. The molecule has 5 amide bonds. The minimum absolute atomic E-state index is 0.171. The number of hydrogen-bond donors (Lipinski definition) is 3. The van der Waals surface area contributed by atoms with E-state index in [1.165, 1.54) is 15.4 Å². The number of nitrogens with zero attached hydrogens (tertiary/aromatic N) is 2. The number of amides is 5. The van der Waals surface area contributed by atoms with Crippen molar-refractivity contribution in [2.75, 3.05) is 26.2 Å². The second-order valence-corrected chi connectivity index (χ2v) is 14.7. The monoisotopic (exact) mass is 677 g/mol. The maximum Gasteiger partial charge on any atom is 0.258 e. The van der Waals surface area contributed by atoms with E-state index in [2.05, 4.69) is 47.1 Å². The van der Waals surface area contributed by atoms with Crippen LogP contribution in [0.1, 0.15) is 57.6 Å². The van der Waals surface area contributed by atoms with E-state index in [9.17, 15) is 24.0 Å². The van der Waals surface area contributed by atoms with Crippen LogP contribution in [0, 0.1) is 12.8 Å². The Bertz CT molecular complexity index is 1470. The van der Waals surface area contributed by atoms with Crippen LogP contribution in [0.3, 0.4) is 0 Å². The Labute approximate surface area is 286 Å². The zero-order valence-corrected chi connectivity index (χ0v) is 29.0. The van der Waals surface area contributed by atoms with Gasteiger partial charge in [0, 0.05) is 36.2 Å². The Morgan fingerprint density at radius 2 is 1.56 bits per heavy atom. The number of rotatable bonds is 4. The number of ether oxygens (including phenoxy) is 1. The summed E-state index contributed by atoms with van der Waals surface area (Å²) in [6.45, 7) is 8.56. The molecule has 12 heteroatoms. The first-order chi connectivity index (χ1) is 23.0. The molecule has 4 heterocycles. The van der Waals surface area contributed by atoms with Crippen molar-refractivity contribution in [2.45, 2.75) is 94.1 Å². The summed E-state index contributed by atoms with van der Waals surface area (Å²) in [6.07, 6.45) is 2.99. The van der Waals surface area contributed by atoms with Crippen molar-refractivity contribution in [3.05, 3.63) is 59.7 Å². The lowest BCUT2D eigenvalue weighted by molar-refractivity contribution is -0.143. The molecular formula is C36H47N5O6S. The molecule has 2 aromatic carbocycles. The molecule has 48 heavy (non-hydrogen) atoms. The van der Waals surface area contributed by atoms with Crippen LogP contribution < -0.4 is 20.7 Å². The number of thioether (sulfide) groups is 1. The third-order valence-electron chi connectivity index (χ3n) is 9.26. The van der Waals surface area contributed by atoms with Gasteiger partial charge in [-0.3, -0.25) is 24.0 Å². The molecule has 0 aliphatic carbocycles. The molecule has 6 rings (SSSR count). The molecule has 3 N–H and O–H groups in total. The zero-order valence-electron chi connectivity index (χ0n) is 28.2. The highest BCUT2D eigenvalue weighted by Crippen LogP contribution is 2.31. The van der Waals surface area contributed by atoms with Gasteiger partial charge in [-0.25, -0.2) is 0 Å². The first kappa shape index (κ1) is 35.3. The Balaban J connectivity index is 1.32. The first-order valence-corrected chi connectivity index (χ1v) is 17.8. The number of benzene rings is 2. The molecule has 0 spiro atoms. The second-order valence-electron chi connectivity index (χ2n) is 13.4. The van der Waals surface area contributed by atoms with Crippen LogP contribution in [0.25, 0.3) is 0 Å². The molecule has 2 saturated heterocycles. The number of nitrogens with one attached hydrogen (secondary N) is 3. The van der Waals surface area contributed by atoms with Gasteiger partial charge in [-0.2, -0.15) is 0 Å². The lowest BCUT2D eigenvalue weighted by Gasteiger charge is -2.34. The second kappa shape index (κ2) is 15.9. The zero-order chi connectivity index (χ0) is 34.4. The van der Waals surface area contributed by atoms with Gasteiger partial charge in [-0.05, 0) is 75.3 Å². The van der Waals surface area contributed by atoms with Gasteiger partial charge >= 0.3 is 0 Å². The summed E-state index contributed by atoms with van der Waals surface area (Å²) in [6, 6.07) is 12.1. The summed E-state index contributed by atoms with van der Waals surface area (Å²) in [5.41, 5.74) is 2.02. The highest BCUT2D eigenvalue weighted by molar-refractivity contribution is 8.00. The van der Waals surface area contributed by atoms with Crippen molar-refractivity contribution < 1.29 is 28.7 Å². The number of fused-ring (bicyclic) bond motifs is 13. The van der Waals surface area contributed by atoms with Crippen molar-refractivity contribution in [1.82, 2.24) is 25.8 Å². The third-order valence-corrected chi connectivity index (χ3v) is 10.6. The predicted molar refractivity (Wildman–Crippen MR) is 183 cm³/mol. The number of aryl methyl sites for hydroxylation is 1. The molecule has 0 unspecified atom stereocenters. The van der Waals surface area contributed by atoms with Gasteiger partial charge in [0.2, 0.25) is 23.6 Å². The first-order valence-electron chi connectivity index (χ1n) is 16.9. The lowest BCUT2D eigenvalue weighted by Crippen LogP contribution is -2.58. The predicted octanol–water partition coefficient (Wildman–Crippen LogP) is 2.83. The van der Waals surface area contributed by atoms with Gasteiger partial charge in [0.05, 0.1) is 0 Å². The van der Waals surface area contributed by atoms with Gasteiger partial charge in [-0.15, -0.1) is 11.8 Å². The summed E-state index contributed by atoms with van der Waals surface area (Å²) in [5, 5.41) is 8.87. The van der Waals surface area contributed by atoms with Crippen LogP contribution in [0.2, 0.25) is 0 Å². The van der Waals surface area contributed by atoms with Crippen molar-refractivity contribution in [2.24, 2.45) is 5.92 Å². The Morgan fingerprint density at radius 3 is 2.23 bits per heavy atom. The number of carbonyl (C=O) groups is 5. The van der Waals surface area contributed by atoms with Crippen LogP contribution in [0.5, 0.6) is 5.75 Å². The Hall–Kier alpha value is -4.06. The molecule has 2 bridgehead atoms. The molecule has 4 aliphatic heterocycles. The smallest absolute Gasteiger partial charge is 0.258 e. The number of piperidine rings is 1. The van der Waals surface area contributed by atoms with Crippen LogP contribution in [-0.2, 0) is 30.4 Å².